The molecule has 10 rings (SSSR count). The van der Waals surface area contributed by atoms with Crippen molar-refractivity contribution < 1.29 is 64.8 Å². The molecule has 1 N–H and O–H groups in total. The summed E-state index contributed by atoms with van der Waals surface area (Å²) in [5, 5.41) is 9.99. The SMILES string of the molecule is COC(=O)[C@@H]1Cc2c(ccc(OC)c2OCc2ccc(F)cc2)CN1c1nc2ccc(F)cc2o1.COc1ccc2c(c1OCc1ccc(F)cc1)C[C@@H](C(=O)O)N(c1nc3ccc(F)cc3o1)C2. The van der Waals surface area contributed by atoms with Crippen LogP contribution < -0.4 is 28.7 Å². The van der Waals surface area contributed by atoms with E-state index in [4.69, 9.17) is 32.5 Å². The lowest BCUT2D eigenvalue weighted by atomic mass is 9.92. The van der Waals surface area contributed by atoms with Gasteiger partial charge in [0.2, 0.25) is 0 Å². The number of rotatable bonds is 12. The van der Waals surface area contributed by atoms with E-state index in [0.717, 1.165) is 27.8 Å². The van der Waals surface area contributed by atoms with Gasteiger partial charge >= 0.3 is 11.9 Å². The van der Waals surface area contributed by atoms with Crippen molar-refractivity contribution in [1.29, 1.82) is 0 Å². The highest BCUT2D eigenvalue weighted by Crippen LogP contribution is 2.42. The van der Waals surface area contributed by atoms with E-state index in [9.17, 15) is 32.3 Å². The van der Waals surface area contributed by atoms with Crippen LogP contribution in [0.25, 0.3) is 22.2 Å². The van der Waals surface area contributed by atoms with E-state index in [-0.39, 0.29) is 74.0 Å². The molecule has 0 spiro atoms. The number of methoxy groups -OCH3 is 3. The molecule has 4 heterocycles. The molecule has 18 heteroatoms. The molecule has 0 radical (unpaired) electrons. The highest BCUT2D eigenvalue weighted by molar-refractivity contribution is 5.83. The monoisotopic (exact) mass is 946 g/mol. The molecule has 6 aromatic carbocycles. The van der Waals surface area contributed by atoms with Crippen LogP contribution in [0.15, 0.2) is 118 Å². The third-order valence-electron chi connectivity index (χ3n) is 11.8. The highest BCUT2D eigenvalue weighted by Gasteiger charge is 2.39. The molecule has 0 bridgehead atoms. The Morgan fingerprint density at radius 2 is 1.01 bits per heavy atom. The zero-order valence-electron chi connectivity index (χ0n) is 37.2. The number of hydrogen-bond acceptors (Lipinski definition) is 13. The number of oxazole rings is 2. The number of ether oxygens (including phenoxy) is 5. The molecule has 2 atom stereocenters. The molecule has 69 heavy (non-hydrogen) atoms. The van der Waals surface area contributed by atoms with E-state index >= 15 is 0 Å². The molecule has 0 unspecified atom stereocenters. The zero-order valence-corrected chi connectivity index (χ0v) is 37.2. The van der Waals surface area contributed by atoms with Crippen molar-refractivity contribution >= 4 is 46.2 Å². The zero-order chi connectivity index (χ0) is 48.3. The predicted molar refractivity (Wildman–Crippen MR) is 242 cm³/mol. The van der Waals surface area contributed by atoms with Gasteiger partial charge in [-0.2, -0.15) is 9.97 Å². The Balaban J connectivity index is 0.000000172. The van der Waals surface area contributed by atoms with Gasteiger partial charge in [0.05, 0.1) is 21.3 Å². The van der Waals surface area contributed by atoms with Crippen molar-refractivity contribution in [2.75, 3.05) is 31.1 Å². The van der Waals surface area contributed by atoms with Gasteiger partial charge in [0.15, 0.2) is 34.2 Å². The number of hydrogen-bond donors (Lipinski definition) is 1. The van der Waals surface area contributed by atoms with Crippen LogP contribution in [0.3, 0.4) is 0 Å². The fourth-order valence-corrected chi connectivity index (χ4v) is 8.33. The van der Waals surface area contributed by atoms with Gasteiger partial charge in [0, 0.05) is 49.2 Å². The molecule has 0 amide bonds. The Morgan fingerprint density at radius 1 is 0.594 bits per heavy atom. The van der Waals surface area contributed by atoms with Gasteiger partial charge in [0.1, 0.15) is 59.6 Å². The van der Waals surface area contributed by atoms with Gasteiger partial charge in [-0.3, -0.25) is 0 Å². The number of esters is 1. The maximum absolute atomic E-state index is 13.7. The second kappa shape index (κ2) is 19.5. The summed E-state index contributed by atoms with van der Waals surface area (Å²) >= 11 is 0. The normalized spacial score (nSPS) is 15.2. The Bertz CT molecular complexity index is 3180. The Hall–Kier alpha value is -8.28. The standard InChI is InChI=1S/C26H22F2N2O5.C25H20F2N2O5/c1-32-22-10-5-16-13-30(26-29-20-9-8-18(28)11-23(20)35-26)21(25(31)33-2)12-19(16)24(22)34-14-15-3-6-17(27)7-4-15;1-32-21-9-4-15-12-29(25-28-19-8-7-17(27)10-22(19)34-25)20(24(30)31)11-18(15)23(21)33-13-14-2-5-16(26)6-3-14/h3-11,21H,12-14H2,1-2H3;2-10,20H,11-13H2,1H3,(H,30,31)/t21-;20-/m00/s1. The van der Waals surface area contributed by atoms with Gasteiger partial charge in [-0.05, 0) is 82.9 Å². The molecular weight excluding hydrogens is 905 g/mol. The quantitative estimate of drug-likeness (QED) is 0.0912. The van der Waals surface area contributed by atoms with Crippen molar-refractivity contribution in [1.82, 2.24) is 9.97 Å². The van der Waals surface area contributed by atoms with Crippen LogP contribution in [0.2, 0.25) is 0 Å². The number of aromatic nitrogens is 2. The summed E-state index contributed by atoms with van der Waals surface area (Å²) in [5.41, 5.74) is 6.18. The minimum atomic E-state index is -1.06. The van der Waals surface area contributed by atoms with E-state index in [0.29, 0.717) is 39.6 Å². The second-order valence-corrected chi connectivity index (χ2v) is 16.1. The number of aliphatic carboxylic acids is 1. The van der Waals surface area contributed by atoms with Gasteiger partial charge < -0.3 is 47.4 Å². The summed E-state index contributed by atoms with van der Waals surface area (Å²) in [7, 11) is 4.36. The first-order valence-corrected chi connectivity index (χ1v) is 21.5. The molecule has 2 aliphatic heterocycles. The summed E-state index contributed by atoms with van der Waals surface area (Å²) in [6.07, 6.45) is 0.346. The van der Waals surface area contributed by atoms with Crippen LogP contribution in [0.4, 0.5) is 29.6 Å². The summed E-state index contributed by atoms with van der Waals surface area (Å²) in [4.78, 5) is 37.1. The Labute approximate surface area is 391 Å². The van der Waals surface area contributed by atoms with Crippen LogP contribution in [0.5, 0.6) is 23.0 Å². The topological polar surface area (TPSA) is 159 Å². The number of carboxylic acid groups (broad SMARTS) is 1. The van der Waals surface area contributed by atoms with Crippen molar-refractivity contribution in [2.24, 2.45) is 0 Å². The molecule has 14 nitrogen and oxygen atoms in total. The molecule has 0 fully saturated rings. The summed E-state index contributed by atoms with van der Waals surface area (Å²) in [6, 6.07) is 25.8. The Morgan fingerprint density at radius 3 is 1.43 bits per heavy atom. The highest BCUT2D eigenvalue weighted by atomic mass is 19.1. The van der Waals surface area contributed by atoms with Crippen molar-refractivity contribution in [3.05, 3.63) is 166 Å². The van der Waals surface area contributed by atoms with E-state index < -0.39 is 35.7 Å². The van der Waals surface area contributed by atoms with Crippen LogP contribution in [-0.2, 0) is 53.5 Å². The van der Waals surface area contributed by atoms with E-state index in [2.05, 4.69) is 9.97 Å². The van der Waals surface area contributed by atoms with Crippen LogP contribution in [0, 0.1) is 23.3 Å². The minimum Gasteiger partial charge on any atom is -0.493 e. The summed E-state index contributed by atoms with van der Waals surface area (Å²) in [6.45, 7) is 0.821. The molecule has 2 aliphatic rings. The van der Waals surface area contributed by atoms with Crippen molar-refractivity contribution in [3.63, 3.8) is 0 Å². The van der Waals surface area contributed by atoms with E-state index in [1.165, 1.54) is 82.0 Å². The lowest BCUT2D eigenvalue weighted by Crippen LogP contribution is -2.46. The molecule has 0 aliphatic carbocycles. The number of anilines is 2. The first-order chi connectivity index (χ1) is 33.4. The molecule has 2 aromatic heterocycles. The molecule has 0 saturated carbocycles. The smallest absolute Gasteiger partial charge is 0.329 e. The number of benzene rings is 6. The number of carbonyl (C=O) groups is 2. The lowest BCUT2D eigenvalue weighted by molar-refractivity contribution is -0.142. The molecule has 8 aromatic rings. The van der Waals surface area contributed by atoms with E-state index in [1.807, 2.05) is 12.1 Å². The number of fused-ring (bicyclic) bond motifs is 4. The third kappa shape index (κ3) is 9.63. The summed E-state index contributed by atoms with van der Waals surface area (Å²) in [5.74, 6) is -1.19. The minimum absolute atomic E-state index is 0.100. The summed E-state index contributed by atoms with van der Waals surface area (Å²) < 4.78 is 93.4. The largest absolute Gasteiger partial charge is 0.493 e. The number of carbonyl (C=O) groups excluding carboxylic acids is 1. The van der Waals surface area contributed by atoms with E-state index in [1.54, 1.807) is 46.2 Å². The van der Waals surface area contributed by atoms with Crippen LogP contribution >= 0.6 is 0 Å². The average molecular weight is 947 g/mol. The maximum atomic E-state index is 13.7. The first-order valence-electron chi connectivity index (χ1n) is 21.5. The Kier molecular flexibility index (Phi) is 13.0. The van der Waals surface area contributed by atoms with Crippen LogP contribution in [0.1, 0.15) is 33.4 Å². The van der Waals surface area contributed by atoms with Crippen molar-refractivity contribution in [3.8, 4) is 23.0 Å². The molecule has 354 valence electrons. The number of carboxylic acids is 1. The predicted octanol–water partition coefficient (Wildman–Crippen LogP) is 9.51. The third-order valence-corrected chi connectivity index (χ3v) is 11.8. The average Bonchev–Trinajstić information content (AvgIpc) is 3.99. The number of halogens is 4. The fraction of sp³-hybridized carbons (Fsp3) is 0.216. The second-order valence-electron chi connectivity index (χ2n) is 16.1. The van der Waals surface area contributed by atoms with Crippen molar-refractivity contribution in [2.45, 2.75) is 51.2 Å². The lowest BCUT2D eigenvalue weighted by Gasteiger charge is -2.35. The van der Waals surface area contributed by atoms with Gasteiger partial charge in [-0.15, -0.1) is 0 Å². The van der Waals surface area contributed by atoms with Gasteiger partial charge in [-0.25, -0.2) is 27.2 Å². The first kappa shape index (κ1) is 45.9. The van der Waals surface area contributed by atoms with Gasteiger partial charge in [0.25, 0.3) is 12.0 Å². The van der Waals surface area contributed by atoms with Crippen LogP contribution in [-0.4, -0.2) is 60.4 Å². The maximum Gasteiger partial charge on any atom is 0.329 e. The molecule has 0 saturated heterocycles. The fourth-order valence-electron chi connectivity index (χ4n) is 8.33. The number of nitrogens with zero attached hydrogens (tertiary/aromatic N) is 4. The van der Waals surface area contributed by atoms with Gasteiger partial charge in [-0.1, -0.05) is 36.4 Å². The molecular formula is C51H42F4N4O10.